The Morgan fingerprint density at radius 2 is 2.25 bits per heavy atom. The van der Waals surface area contributed by atoms with Crippen molar-refractivity contribution in [2.75, 3.05) is 20.6 Å². The number of amides is 1. The van der Waals surface area contributed by atoms with E-state index in [1.54, 1.807) is 25.3 Å². The number of fused-ring (bicyclic) bond motifs is 1. The number of carbonyl (C=O) groups is 1. The maximum absolute atomic E-state index is 12.0. The summed E-state index contributed by atoms with van der Waals surface area (Å²) in [6, 6.07) is 4.35. The summed E-state index contributed by atoms with van der Waals surface area (Å²) >= 11 is 0. The number of rotatable bonds is 3. The third kappa shape index (κ3) is 2.60. The van der Waals surface area contributed by atoms with Crippen molar-refractivity contribution in [1.82, 2.24) is 9.80 Å². The van der Waals surface area contributed by atoms with Gasteiger partial charge in [0.2, 0.25) is 0 Å². The Bertz CT molecular complexity index is 458. The Balaban J connectivity index is 1.60. The van der Waals surface area contributed by atoms with Gasteiger partial charge in [-0.25, -0.2) is 0 Å². The lowest BCUT2D eigenvalue weighted by Crippen LogP contribution is -2.47. The Hall–Kier alpha value is -1.33. The summed E-state index contributed by atoms with van der Waals surface area (Å²) in [7, 11) is 3.57. The zero-order chi connectivity index (χ0) is 14.1. The van der Waals surface area contributed by atoms with Crippen LogP contribution in [0.15, 0.2) is 22.8 Å². The standard InChI is InChI=1S/C15H22N2O3/c1-16(2)15(18)14-6-5-12-13(20-14)7-8-17(12)10-11-4-3-9-19-11/h3-4,9,12-14H,5-8,10H2,1-2H3/t12-,13-,14+/m1/s1. The summed E-state index contributed by atoms with van der Waals surface area (Å²) < 4.78 is 11.4. The van der Waals surface area contributed by atoms with Gasteiger partial charge < -0.3 is 14.1 Å². The first-order chi connectivity index (χ1) is 9.65. The molecule has 0 bridgehead atoms. The number of ether oxygens (including phenoxy) is 1. The lowest BCUT2D eigenvalue weighted by atomic mass is 9.98. The van der Waals surface area contributed by atoms with Crippen LogP contribution in [0.5, 0.6) is 0 Å². The van der Waals surface area contributed by atoms with Gasteiger partial charge in [-0.2, -0.15) is 0 Å². The van der Waals surface area contributed by atoms with Crippen LogP contribution < -0.4 is 0 Å². The highest BCUT2D eigenvalue weighted by Crippen LogP contribution is 2.32. The third-order valence-electron chi connectivity index (χ3n) is 4.32. The van der Waals surface area contributed by atoms with E-state index in [4.69, 9.17) is 9.15 Å². The van der Waals surface area contributed by atoms with Crippen molar-refractivity contribution in [3.8, 4) is 0 Å². The number of hydrogen-bond donors (Lipinski definition) is 0. The van der Waals surface area contributed by atoms with Crippen molar-refractivity contribution >= 4 is 5.91 Å². The number of likely N-dealkylation sites (N-methyl/N-ethyl adjacent to an activating group) is 1. The fraction of sp³-hybridized carbons (Fsp3) is 0.667. The van der Waals surface area contributed by atoms with Gasteiger partial charge in [0.05, 0.1) is 18.9 Å². The SMILES string of the molecule is CN(C)C(=O)[C@@H]1CC[C@@H]2[C@@H](CCN2Cc2ccco2)O1. The van der Waals surface area contributed by atoms with E-state index in [-0.39, 0.29) is 18.1 Å². The number of carbonyl (C=O) groups excluding carboxylic acids is 1. The molecule has 20 heavy (non-hydrogen) atoms. The van der Waals surface area contributed by atoms with Crippen molar-refractivity contribution < 1.29 is 13.9 Å². The second-order valence-electron chi connectivity index (χ2n) is 5.88. The molecule has 0 unspecified atom stereocenters. The molecule has 2 fully saturated rings. The maximum Gasteiger partial charge on any atom is 0.251 e. The fourth-order valence-corrected chi connectivity index (χ4v) is 3.28. The van der Waals surface area contributed by atoms with Gasteiger partial charge in [-0.3, -0.25) is 9.69 Å². The average molecular weight is 278 g/mol. The summed E-state index contributed by atoms with van der Waals surface area (Å²) in [4.78, 5) is 16.0. The normalized spacial score (nSPS) is 30.2. The second-order valence-corrected chi connectivity index (χ2v) is 5.88. The zero-order valence-corrected chi connectivity index (χ0v) is 12.1. The molecule has 110 valence electrons. The quantitative estimate of drug-likeness (QED) is 0.840. The van der Waals surface area contributed by atoms with Gasteiger partial charge in [0.1, 0.15) is 11.9 Å². The molecule has 0 N–H and O–H groups in total. The summed E-state index contributed by atoms with van der Waals surface area (Å²) in [6.07, 6.45) is 4.49. The molecule has 0 radical (unpaired) electrons. The molecule has 0 aliphatic carbocycles. The summed E-state index contributed by atoms with van der Waals surface area (Å²) in [6.45, 7) is 1.85. The molecule has 5 heteroatoms. The van der Waals surface area contributed by atoms with Crippen LogP contribution in [-0.2, 0) is 16.1 Å². The van der Waals surface area contributed by atoms with Gasteiger partial charge in [0, 0.05) is 26.7 Å². The Morgan fingerprint density at radius 1 is 1.40 bits per heavy atom. The molecule has 3 heterocycles. The van der Waals surface area contributed by atoms with Crippen LogP contribution in [-0.4, -0.2) is 54.6 Å². The van der Waals surface area contributed by atoms with Crippen molar-refractivity contribution in [3.63, 3.8) is 0 Å². The van der Waals surface area contributed by atoms with Gasteiger partial charge in [0.25, 0.3) is 5.91 Å². The van der Waals surface area contributed by atoms with Crippen LogP contribution in [0.1, 0.15) is 25.0 Å². The first-order valence-corrected chi connectivity index (χ1v) is 7.28. The lowest BCUT2D eigenvalue weighted by molar-refractivity contribution is -0.152. The Labute approximate surface area is 119 Å². The highest BCUT2D eigenvalue weighted by Gasteiger charge is 2.42. The van der Waals surface area contributed by atoms with Crippen LogP contribution in [0.3, 0.4) is 0 Å². The van der Waals surface area contributed by atoms with E-state index in [0.29, 0.717) is 6.04 Å². The predicted octanol–water partition coefficient (Wildman–Crippen LogP) is 1.49. The van der Waals surface area contributed by atoms with Gasteiger partial charge in [-0.15, -0.1) is 0 Å². The topological polar surface area (TPSA) is 45.9 Å². The Kier molecular flexibility index (Phi) is 3.81. The van der Waals surface area contributed by atoms with E-state index in [0.717, 1.165) is 38.1 Å². The molecule has 1 amide bonds. The first kappa shape index (κ1) is 13.6. The summed E-state index contributed by atoms with van der Waals surface area (Å²) in [5.41, 5.74) is 0. The van der Waals surface area contributed by atoms with E-state index in [2.05, 4.69) is 4.90 Å². The van der Waals surface area contributed by atoms with Gasteiger partial charge in [-0.05, 0) is 31.4 Å². The monoisotopic (exact) mass is 278 g/mol. The number of nitrogens with zero attached hydrogens (tertiary/aromatic N) is 2. The number of likely N-dealkylation sites (tertiary alicyclic amines) is 1. The summed E-state index contributed by atoms with van der Waals surface area (Å²) in [5, 5.41) is 0. The van der Waals surface area contributed by atoms with Gasteiger partial charge in [0.15, 0.2) is 0 Å². The predicted molar refractivity (Wildman–Crippen MR) is 74.1 cm³/mol. The summed E-state index contributed by atoms with van der Waals surface area (Å²) in [5.74, 6) is 1.09. The molecule has 3 atom stereocenters. The number of furan rings is 1. The van der Waals surface area contributed by atoms with Crippen LogP contribution in [0.2, 0.25) is 0 Å². The van der Waals surface area contributed by atoms with Crippen LogP contribution >= 0.6 is 0 Å². The van der Waals surface area contributed by atoms with E-state index in [9.17, 15) is 4.79 Å². The third-order valence-corrected chi connectivity index (χ3v) is 4.32. The number of hydrogen-bond acceptors (Lipinski definition) is 4. The van der Waals surface area contributed by atoms with E-state index in [1.165, 1.54) is 0 Å². The van der Waals surface area contributed by atoms with E-state index < -0.39 is 0 Å². The second kappa shape index (κ2) is 5.58. The zero-order valence-electron chi connectivity index (χ0n) is 12.1. The molecule has 3 rings (SSSR count). The smallest absolute Gasteiger partial charge is 0.251 e. The minimum absolute atomic E-state index is 0.0907. The molecule has 2 aliphatic heterocycles. The lowest BCUT2D eigenvalue weighted by Gasteiger charge is -2.36. The van der Waals surface area contributed by atoms with Gasteiger partial charge in [-0.1, -0.05) is 0 Å². The first-order valence-electron chi connectivity index (χ1n) is 7.28. The van der Waals surface area contributed by atoms with Crippen LogP contribution in [0.4, 0.5) is 0 Å². The molecule has 2 saturated heterocycles. The van der Waals surface area contributed by atoms with Crippen LogP contribution in [0.25, 0.3) is 0 Å². The molecule has 2 aliphatic rings. The largest absolute Gasteiger partial charge is 0.468 e. The minimum Gasteiger partial charge on any atom is -0.468 e. The Morgan fingerprint density at radius 3 is 2.95 bits per heavy atom. The molecule has 5 nitrogen and oxygen atoms in total. The highest BCUT2D eigenvalue weighted by molar-refractivity contribution is 5.80. The van der Waals surface area contributed by atoms with Crippen molar-refractivity contribution in [3.05, 3.63) is 24.2 Å². The van der Waals surface area contributed by atoms with Crippen molar-refractivity contribution in [2.45, 2.75) is 44.1 Å². The highest BCUT2D eigenvalue weighted by atomic mass is 16.5. The minimum atomic E-state index is -0.255. The fourth-order valence-electron chi connectivity index (χ4n) is 3.28. The maximum atomic E-state index is 12.0. The molecule has 0 saturated carbocycles. The molecular weight excluding hydrogens is 256 g/mol. The van der Waals surface area contributed by atoms with E-state index >= 15 is 0 Å². The molecule has 0 spiro atoms. The molecule has 1 aromatic heterocycles. The molecule has 1 aromatic rings. The molecule has 0 aromatic carbocycles. The van der Waals surface area contributed by atoms with Crippen molar-refractivity contribution in [2.24, 2.45) is 0 Å². The van der Waals surface area contributed by atoms with Crippen LogP contribution in [0, 0.1) is 0 Å². The van der Waals surface area contributed by atoms with Gasteiger partial charge >= 0.3 is 0 Å². The molecular formula is C15H22N2O3. The van der Waals surface area contributed by atoms with Crippen molar-refractivity contribution in [1.29, 1.82) is 0 Å². The van der Waals surface area contributed by atoms with E-state index in [1.807, 2.05) is 12.1 Å². The average Bonchev–Trinajstić information content (AvgIpc) is 3.08.